The molecule has 0 saturated carbocycles. The molecular formula is C19H18ClN3O2S. The number of amides is 2. The van der Waals surface area contributed by atoms with Gasteiger partial charge in [-0.25, -0.2) is 5.43 Å². The van der Waals surface area contributed by atoms with Gasteiger partial charge in [-0.05, 0) is 48.2 Å². The summed E-state index contributed by atoms with van der Waals surface area (Å²) in [5, 5.41) is 4.60. The maximum absolute atomic E-state index is 12.3. The minimum absolute atomic E-state index is 0.0795. The van der Waals surface area contributed by atoms with Crippen LogP contribution in [0.4, 0.5) is 5.69 Å². The van der Waals surface area contributed by atoms with Gasteiger partial charge in [-0.3, -0.25) is 9.59 Å². The Morgan fingerprint density at radius 3 is 2.58 bits per heavy atom. The molecule has 0 radical (unpaired) electrons. The van der Waals surface area contributed by atoms with Crippen molar-refractivity contribution in [3.8, 4) is 0 Å². The molecule has 1 aliphatic heterocycles. The minimum Gasteiger partial charge on any atom is -0.312 e. The van der Waals surface area contributed by atoms with Crippen LogP contribution in [0.5, 0.6) is 0 Å². The first-order valence-electron chi connectivity index (χ1n) is 8.09. The number of benzene rings is 2. The highest BCUT2D eigenvalue weighted by atomic mass is 35.5. The predicted molar refractivity (Wildman–Crippen MR) is 106 cm³/mol. The van der Waals surface area contributed by atoms with E-state index in [0.717, 1.165) is 16.1 Å². The molecule has 5 nitrogen and oxygen atoms in total. The van der Waals surface area contributed by atoms with E-state index >= 15 is 0 Å². The van der Waals surface area contributed by atoms with Crippen molar-refractivity contribution >= 4 is 47.1 Å². The Balaban J connectivity index is 1.57. The molecule has 1 N–H and O–H groups in total. The Labute approximate surface area is 161 Å². The van der Waals surface area contributed by atoms with E-state index in [-0.39, 0.29) is 18.2 Å². The number of hydrazone groups is 1. The second-order valence-electron chi connectivity index (χ2n) is 5.89. The third kappa shape index (κ3) is 4.45. The fraction of sp³-hybridized carbons (Fsp3) is 0.211. The molecule has 134 valence electrons. The Morgan fingerprint density at radius 1 is 1.23 bits per heavy atom. The molecule has 0 unspecified atom stereocenters. The summed E-state index contributed by atoms with van der Waals surface area (Å²) in [5.74, 6) is -0.759. The highest BCUT2D eigenvalue weighted by Gasteiger charge is 2.35. The van der Waals surface area contributed by atoms with Gasteiger partial charge in [-0.15, -0.1) is 11.8 Å². The molecule has 7 heteroatoms. The second kappa shape index (κ2) is 8.38. The normalized spacial score (nSPS) is 17.1. The smallest absolute Gasteiger partial charge is 0.245 e. The zero-order valence-electron chi connectivity index (χ0n) is 14.2. The lowest BCUT2D eigenvalue weighted by molar-refractivity contribution is -0.126. The molecule has 1 fully saturated rings. The molecule has 0 bridgehead atoms. The third-order valence-corrected chi connectivity index (χ3v) is 5.13. The summed E-state index contributed by atoms with van der Waals surface area (Å²) in [6.07, 6.45) is 3.78. The third-order valence-electron chi connectivity index (χ3n) is 4.14. The van der Waals surface area contributed by atoms with Gasteiger partial charge in [-0.2, -0.15) is 5.10 Å². The maximum atomic E-state index is 12.3. The number of carbonyl (C=O) groups excluding carboxylic acids is 2. The van der Waals surface area contributed by atoms with Gasteiger partial charge in [-0.1, -0.05) is 23.7 Å². The molecule has 1 aliphatic rings. The number of thioether (sulfide) groups is 1. The lowest BCUT2D eigenvalue weighted by Gasteiger charge is -2.16. The number of rotatable bonds is 5. The fourth-order valence-corrected chi connectivity index (χ4v) is 3.24. The van der Waals surface area contributed by atoms with E-state index in [0.29, 0.717) is 11.6 Å². The highest BCUT2D eigenvalue weighted by Crippen LogP contribution is 2.26. The van der Waals surface area contributed by atoms with Gasteiger partial charge in [0.2, 0.25) is 11.8 Å². The van der Waals surface area contributed by atoms with Crippen molar-refractivity contribution in [1.29, 1.82) is 0 Å². The number of anilines is 1. The van der Waals surface area contributed by atoms with E-state index in [2.05, 4.69) is 10.5 Å². The molecule has 0 spiro atoms. The average Bonchev–Trinajstić information content (AvgIpc) is 3.05. The quantitative estimate of drug-likeness (QED) is 0.484. The van der Waals surface area contributed by atoms with Crippen LogP contribution in [-0.2, 0) is 9.59 Å². The number of carbonyl (C=O) groups is 2. The van der Waals surface area contributed by atoms with E-state index in [1.54, 1.807) is 47.1 Å². The van der Waals surface area contributed by atoms with E-state index in [1.165, 1.54) is 0 Å². The van der Waals surface area contributed by atoms with Crippen LogP contribution in [0, 0.1) is 5.92 Å². The van der Waals surface area contributed by atoms with Crippen LogP contribution in [0.25, 0.3) is 0 Å². The van der Waals surface area contributed by atoms with Gasteiger partial charge in [0, 0.05) is 28.6 Å². The SMILES string of the molecule is CSc1ccc(/C=N\NC(=O)[C@H]2CC(=O)N(c3ccc(Cl)cc3)C2)cc1. The summed E-state index contributed by atoms with van der Waals surface area (Å²) >= 11 is 7.54. The summed E-state index contributed by atoms with van der Waals surface area (Å²) in [4.78, 5) is 27.3. The van der Waals surface area contributed by atoms with Crippen LogP contribution in [0.15, 0.2) is 58.5 Å². The van der Waals surface area contributed by atoms with Crippen molar-refractivity contribution in [2.75, 3.05) is 17.7 Å². The first kappa shape index (κ1) is 18.5. The lowest BCUT2D eigenvalue weighted by Crippen LogP contribution is -2.30. The molecule has 2 amide bonds. The van der Waals surface area contributed by atoms with Crippen molar-refractivity contribution in [1.82, 2.24) is 5.43 Å². The van der Waals surface area contributed by atoms with Crippen LogP contribution >= 0.6 is 23.4 Å². The average molecular weight is 388 g/mol. The van der Waals surface area contributed by atoms with Gasteiger partial charge in [0.05, 0.1) is 12.1 Å². The number of nitrogens with one attached hydrogen (secondary N) is 1. The van der Waals surface area contributed by atoms with E-state index in [1.807, 2.05) is 30.5 Å². The molecule has 1 saturated heterocycles. The standard InChI is InChI=1S/C19H18ClN3O2S/c1-26-17-8-2-13(3-9-17)11-21-22-19(25)14-10-18(24)23(12-14)16-6-4-15(20)5-7-16/h2-9,11,14H,10,12H2,1H3,(H,22,25)/b21-11-/t14-/m0/s1. The highest BCUT2D eigenvalue weighted by molar-refractivity contribution is 7.98. The van der Waals surface area contributed by atoms with Crippen LogP contribution < -0.4 is 10.3 Å². The van der Waals surface area contributed by atoms with E-state index in [9.17, 15) is 9.59 Å². The molecule has 1 atom stereocenters. The summed E-state index contributed by atoms with van der Waals surface area (Å²) in [7, 11) is 0. The van der Waals surface area contributed by atoms with Crippen molar-refractivity contribution < 1.29 is 9.59 Å². The Morgan fingerprint density at radius 2 is 1.92 bits per heavy atom. The number of hydrogen-bond acceptors (Lipinski definition) is 4. The van der Waals surface area contributed by atoms with Gasteiger partial charge < -0.3 is 4.90 Å². The number of nitrogens with zero attached hydrogens (tertiary/aromatic N) is 2. The monoisotopic (exact) mass is 387 g/mol. The number of hydrogen-bond donors (Lipinski definition) is 1. The van der Waals surface area contributed by atoms with E-state index < -0.39 is 5.92 Å². The molecule has 1 heterocycles. The van der Waals surface area contributed by atoms with Gasteiger partial charge >= 0.3 is 0 Å². The molecule has 3 rings (SSSR count). The zero-order chi connectivity index (χ0) is 18.5. The Bertz CT molecular complexity index is 822. The maximum Gasteiger partial charge on any atom is 0.245 e. The molecule has 0 aliphatic carbocycles. The van der Waals surface area contributed by atoms with Crippen LogP contribution in [0.3, 0.4) is 0 Å². The lowest BCUT2D eigenvalue weighted by atomic mass is 10.1. The summed E-state index contributed by atoms with van der Waals surface area (Å²) in [5.41, 5.74) is 4.17. The van der Waals surface area contributed by atoms with Crippen molar-refractivity contribution in [2.45, 2.75) is 11.3 Å². The summed E-state index contributed by atoms with van der Waals surface area (Å²) < 4.78 is 0. The first-order chi connectivity index (χ1) is 12.6. The van der Waals surface area contributed by atoms with Crippen LogP contribution in [-0.4, -0.2) is 30.8 Å². The van der Waals surface area contributed by atoms with Gasteiger partial charge in [0.25, 0.3) is 0 Å². The molecule has 2 aromatic carbocycles. The Hall–Kier alpha value is -2.31. The van der Waals surface area contributed by atoms with Gasteiger partial charge in [0.15, 0.2) is 0 Å². The number of halogens is 1. The van der Waals surface area contributed by atoms with Crippen LogP contribution in [0.1, 0.15) is 12.0 Å². The summed E-state index contributed by atoms with van der Waals surface area (Å²) in [6, 6.07) is 14.9. The first-order valence-corrected chi connectivity index (χ1v) is 9.70. The predicted octanol–water partition coefficient (Wildman–Crippen LogP) is 3.57. The molecule has 2 aromatic rings. The summed E-state index contributed by atoms with van der Waals surface area (Å²) in [6.45, 7) is 0.338. The topological polar surface area (TPSA) is 61.8 Å². The minimum atomic E-state index is -0.422. The van der Waals surface area contributed by atoms with Crippen molar-refractivity contribution in [2.24, 2.45) is 11.0 Å². The molecular weight excluding hydrogens is 370 g/mol. The van der Waals surface area contributed by atoms with Gasteiger partial charge in [0.1, 0.15) is 0 Å². The van der Waals surface area contributed by atoms with Crippen molar-refractivity contribution in [3.05, 3.63) is 59.1 Å². The Kier molecular flexibility index (Phi) is 5.96. The zero-order valence-corrected chi connectivity index (χ0v) is 15.8. The van der Waals surface area contributed by atoms with Crippen molar-refractivity contribution in [3.63, 3.8) is 0 Å². The second-order valence-corrected chi connectivity index (χ2v) is 7.21. The van der Waals surface area contributed by atoms with E-state index in [4.69, 9.17) is 11.6 Å². The van der Waals surface area contributed by atoms with Crippen LogP contribution in [0.2, 0.25) is 5.02 Å². The fourth-order valence-electron chi connectivity index (χ4n) is 2.71. The largest absolute Gasteiger partial charge is 0.312 e. The molecule has 26 heavy (non-hydrogen) atoms. The molecule has 0 aromatic heterocycles.